The minimum absolute atomic E-state index is 0.185. The largest absolute Gasteiger partial charge is 0.480 e. The molecule has 3 fully saturated rings. The number of carboxylic acid groups (broad SMARTS) is 1. The standard InChI is InChI=1S/C16H27NO2/c18-16(19)15-10-13-8-4-5-9-14(13)17(15)11-12-6-2-1-3-7-12/h12-15H,1-11H2,(H,18,19)/t13-,14-,15-/m0/s1. The lowest BCUT2D eigenvalue weighted by Crippen LogP contribution is -2.45. The van der Waals surface area contributed by atoms with E-state index in [0.717, 1.165) is 18.9 Å². The summed E-state index contributed by atoms with van der Waals surface area (Å²) in [6.45, 7) is 1.05. The predicted molar refractivity (Wildman–Crippen MR) is 75.1 cm³/mol. The summed E-state index contributed by atoms with van der Waals surface area (Å²) in [7, 11) is 0. The Kier molecular flexibility index (Phi) is 4.11. The number of likely N-dealkylation sites (tertiary alicyclic amines) is 1. The van der Waals surface area contributed by atoms with E-state index in [1.807, 2.05) is 0 Å². The van der Waals surface area contributed by atoms with Crippen LogP contribution < -0.4 is 0 Å². The highest BCUT2D eigenvalue weighted by atomic mass is 16.4. The van der Waals surface area contributed by atoms with Crippen LogP contribution in [0.15, 0.2) is 0 Å². The molecule has 1 N–H and O–H groups in total. The summed E-state index contributed by atoms with van der Waals surface area (Å²) in [6, 6.07) is 0.395. The molecule has 3 aliphatic rings. The molecule has 0 radical (unpaired) electrons. The molecule has 0 amide bonds. The Bertz CT molecular complexity index is 325. The van der Waals surface area contributed by atoms with Crippen molar-refractivity contribution in [2.24, 2.45) is 11.8 Å². The molecular weight excluding hydrogens is 238 g/mol. The maximum Gasteiger partial charge on any atom is 0.320 e. The number of nitrogens with zero attached hydrogens (tertiary/aromatic N) is 1. The Morgan fingerprint density at radius 2 is 1.68 bits per heavy atom. The third-order valence-electron chi connectivity index (χ3n) is 5.70. The molecule has 0 spiro atoms. The Balaban J connectivity index is 1.69. The quantitative estimate of drug-likeness (QED) is 0.851. The Morgan fingerprint density at radius 1 is 1.00 bits per heavy atom. The molecule has 0 aromatic heterocycles. The number of hydrogen-bond donors (Lipinski definition) is 1. The zero-order chi connectivity index (χ0) is 13.2. The smallest absolute Gasteiger partial charge is 0.320 e. The summed E-state index contributed by atoms with van der Waals surface area (Å²) in [5.41, 5.74) is 0. The van der Waals surface area contributed by atoms with Crippen LogP contribution >= 0.6 is 0 Å². The first-order chi connectivity index (χ1) is 9.25. The fourth-order valence-electron chi connectivity index (χ4n) is 4.73. The van der Waals surface area contributed by atoms with Gasteiger partial charge in [0.2, 0.25) is 0 Å². The molecule has 0 unspecified atom stereocenters. The van der Waals surface area contributed by atoms with E-state index in [2.05, 4.69) is 4.90 Å². The fourth-order valence-corrected chi connectivity index (χ4v) is 4.73. The molecule has 0 aromatic rings. The second kappa shape index (κ2) is 5.82. The third kappa shape index (κ3) is 2.81. The van der Waals surface area contributed by atoms with E-state index in [-0.39, 0.29) is 6.04 Å². The summed E-state index contributed by atoms with van der Waals surface area (Å²) in [5, 5.41) is 9.52. The van der Waals surface area contributed by atoms with Crippen molar-refractivity contribution in [2.45, 2.75) is 76.3 Å². The van der Waals surface area contributed by atoms with Gasteiger partial charge in [-0.05, 0) is 43.9 Å². The van der Waals surface area contributed by atoms with Crippen LogP contribution in [-0.4, -0.2) is 34.6 Å². The van der Waals surface area contributed by atoms with E-state index >= 15 is 0 Å². The van der Waals surface area contributed by atoms with Gasteiger partial charge in [0.15, 0.2) is 0 Å². The molecule has 1 saturated heterocycles. The molecule has 3 atom stereocenters. The fraction of sp³-hybridized carbons (Fsp3) is 0.938. The van der Waals surface area contributed by atoms with Gasteiger partial charge in [-0.3, -0.25) is 9.69 Å². The summed E-state index contributed by atoms with van der Waals surface area (Å²) in [5.74, 6) is 0.847. The number of carboxylic acids is 1. The zero-order valence-electron chi connectivity index (χ0n) is 11.9. The molecule has 19 heavy (non-hydrogen) atoms. The maximum absolute atomic E-state index is 11.6. The minimum atomic E-state index is -0.579. The van der Waals surface area contributed by atoms with Crippen molar-refractivity contribution in [1.82, 2.24) is 4.90 Å². The average Bonchev–Trinajstić information content (AvgIpc) is 2.79. The van der Waals surface area contributed by atoms with Crippen LogP contribution in [-0.2, 0) is 4.79 Å². The van der Waals surface area contributed by atoms with Crippen molar-refractivity contribution in [3.05, 3.63) is 0 Å². The van der Waals surface area contributed by atoms with E-state index in [1.54, 1.807) is 0 Å². The Hall–Kier alpha value is -0.570. The highest BCUT2D eigenvalue weighted by Crippen LogP contribution is 2.41. The van der Waals surface area contributed by atoms with Crippen molar-refractivity contribution >= 4 is 5.97 Å². The summed E-state index contributed by atoms with van der Waals surface area (Å²) >= 11 is 0. The number of hydrogen-bond acceptors (Lipinski definition) is 2. The first kappa shape index (κ1) is 13.4. The van der Waals surface area contributed by atoms with Crippen LogP contribution in [0.5, 0.6) is 0 Å². The first-order valence-corrected chi connectivity index (χ1v) is 8.24. The van der Waals surface area contributed by atoms with Gasteiger partial charge in [0.25, 0.3) is 0 Å². The maximum atomic E-state index is 11.6. The summed E-state index contributed by atoms with van der Waals surface area (Å²) < 4.78 is 0. The predicted octanol–water partition coefficient (Wildman–Crippen LogP) is 3.28. The molecule has 2 saturated carbocycles. The van der Waals surface area contributed by atoms with Gasteiger partial charge < -0.3 is 5.11 Å². The third-order valence-corrected chi connectivity index (χ3v) is 5.70. The van der Waals surface area contributed by atoms with Gasteiger partial charge in [-0.2, -0.15) is 0 Å². The van der Waals surface area contributed by atoms with Gasteiger partial charge >= 0.3 is 5.97 Å². The lowest BCUT2D eigenvalue weighted by Gasteiger charge is -2.36. The van der Waals surface area contributed by atoms with Crippen LogP contribution in [0.2, 0.25) is 0 Å². The van der Waals surface area contributed by atoms with Gasteiger partial charge in [-0.25, -0.2) is 0 Å². The molecule has 0 aromatic carbocycles. The topological polar surface area (TPSA) is 40.5 Å². The van der Waals surface area contributed by atoms with Gasteiger partial charge in [-0.15, -0.1) is 0 Å². The molecule has 108 valence electrons. The molecule has 1 aliphatic heterocycles. The normalized spacial score (nSPS) is 37.2. The zero-order valence-corrected chi connectivity index (χ0v) is 11.9. The van der Waals surface area contributed by atoms with E-state index in [1.165, 1.54) is 57.8 Å². The van der Waals surface area contributed by atoms with Crippen molar-refractivity contribution < 1.29 is 9.90 Å². The van der Waals surface area contributed by atoms with Gasteiger partial charge in [0, 0.05) is 12.6 Å². The molecule has 3 heteroatoms. The van der Waals surface area contributed by atoms with E-state index in [9.17, 15) is 9.90 Å². The number of carbonyl (C=O) groups is 1. The van der Waals surface area contributed by atoms with Gasteiger partial charge in [-0.1, -0.05) is 32.1 Å². The highest BCUT2D eigenvalue weighted by Gasteiger charge is 2.45. The monoisotopic (exact) mass is 265 g/mol. The second-order valence-corrected chi connectivity index (χ2v) is 6.90. The average molecular weight is 265 g/mol. The summed E-state index contributed by atoms with van der Waals surface area (Å²) in [6.07, 6.45) is 12.7. The van der Waals surface area contributed by atoms with Gasteiger partial charge in [0.1, 0.15) is 6.04 Å². The van der Waals surface area contributed by atoms with Crippen molar-refractivity contribution in [1.29, 1.82) is 0 Å². The molecule has 2 aliphatic carbocycles. The van der Waals surface area contributed by atoms with Crippen LogP contribution in [0, 0.1) is 11.8 Å². The van der Waals surface area contributed by atoms with Crippen LogP contribution in [0.1, 0.15) is 64.2 Å². The Morgan fingerprint density at radius 3 is 2.42 bits per heavy atom. The Labute approximate surface area is 116 Å². The molecule has 1 heterocycles. The SMILES string of the molecule is O=C(O)[C@@H]1C[C@@H]2CCCC[C@@H]2N1CC1CCCCC1. The highest BCUT2D eigenvalue weighted by molar-refractivity contribution is 5.74. The van der Waals surface area contributed by atoms with Crippen molar-refractivity contribution in [3.63, 3.8) is 0 Å². The van der Waals surface area contributed by atoms with E-state index in [0.29, 0.717) is 12.0 Å². The minimum Gasteiger partial charge on any atom is -0.480 e. The van der Waals surface area contributed by atoms with E-state index in [4.69, 9.17) is 0 Å². The molecular formula is C16H27NO2. The van der Waals surface area contributed by atoms with Gasteiger partial charge in [0.05, 0.1) is 0 Å². The summed E-state index contributed by atoms with van der Waals surface area (Å²) in [4.78, 5) is 13.9. The van der Waals surface area contributed by atoms with Crippen LogP contribution in [0.3, 0.4) is 0 Å². The lowest BCUT2D eigenvalue weighted by atomic mass is 9.84. The first-order valence-electron chi connectivity index (χ1n) is 8.24. The molecule has 3 rings (SSSR count). The molecule has 3 nitrogen and oxygen atoms in total. The number of aliphatic carboxylic acids is 1. The van der Waals surface area contributed by atoms with E-state index < -0.39 is 5.97 Å². The van der Waals surface area contributed by atoms with Crippen LogP contribution in [0.25, 0.3) is 0 Å². The number of fused-ring (bicyclic) bond motifs is 1. The van der Waals surface area contributed by atoms with Crippen molar-refractivity contribution in [2.75, 3.05) is 6.54 Å². The molecule has 0 bridgehead atoms. The lowest BCUT2D eigenvalue weighted by molar-refractivity contribution is -0.143. The van der Waals surface area contributed by atoms with Crippen molar-refractivity contribution in [3.8, 4) is 0 Å². The number of rotatable bonds is 3. The second-order valence-electron chi connectivity index (χ2n) is 6.90. The van der Waals surface area contributed by atoms with Crippen LogP contribution in [0.4, 0.5) is 0 Å².